The summed E-state index contributed by atoms with van der Waals surface area (Å²) in [6, 6.07) is 13.2. The van der Waals surface area contributed by atoms with Crippen molar-refractivity contribution in [1.29, 1.82) is 0 Å². The van der Waals surface area contributed by atoms with Crippen LogP contribution in [-0.2, 0) is 4.79 Å². The summed E-state index contributed by atoms with van der Waals surface area (Å²) >= 11 is 1.33. The number of rotatable bonds is 3. The highest BCUT2D eigenvalue weighted by Crippen LogP contribution is 2.42. The molecule has 4 nitrogen and oxygen atoms in total. The van der Waals surface area contributed by atoms with Crippen molar-refractivity contribution >= 4 is 23.6 Å². The fourth-order valence-electron chi connectivity index (χ4n) is 2.55. The number of carbonyl (C=O) groups is 2. The van der Waals surface area contributed by atoms with E-state index >= 15 is 0 Å². The highest BCUT2D eigenvalue weighted by atomic mass is 32.2. The molecule has 0 bridgehead atoms. The molecule has 0 aromatic heterocycles. The highest BCUT2D eigenvalue weighted by Gasteiger charge is 2.39. The van der Waals surface area contributed by atoms with E-state index in [1.54, 1.807) is 42.5 Å². The molecule has 1 aliphatic rings. The van der Waals surface area contributed by atoms with Gasteiger partial charge in [0.05, 0.1) is 12.0 Å². The smallest absolute Gasteiger partial charge is 0.255 e. The molecule has 1 heterocycles. The second-order valence-electron chi connectivity index (χ2n) is 5.15. The van der Waals surface area contributed by atoms with Gasteiger partial charge in [0.25, 0.3) is 5.91 Å². The fraction of sp³-hybridized carbons (Fsp3) is 0.176. The van der Waals surface area contributed by atoms with E-state index in [-0.39, 0.29) is 17.5 Å². The molecule has 0 spiro atoms. The van der Waals surface area contributed by atoms with Gasteiger partial charge in [-0.05, 0) is 29.8 Å². The van der Waals surface area contributed by atoms with E-state index in [1.807, 2.05) is 0 Å². The van der Waals surface area contributed by atoms with Gasteiger partial charge in [0.2, 0.25) is 0 Å². The van der Waals surface area contributed by atoms with Crippen LogP contribution in [0.4, 0.5) is 4.39 Å². The number of amides is 1. The quantitative estimate of drug-likeness (QED) is 0.861. The first-order valence-corrected chi connectivity index (χ1v) is 8.08. The Balaban J connectivity index is 1.97. The monoisotopic (exact) mass is 330 g/mol. The van der Waals surface area contributed by atoms with Crippen LogP contribution in [0, 0.1) is 5.82 Å². The fourth-order valence-corrected chi connectivity index (χ4v) is 3.96. The summed E-state index contributed by atoms with van der Waals surface area (Å²) in [6.45, 7) is 0. The number of carbonyl (C=O) groups excluding carboxylic acids is 2. The van der Waals surface area contributed by atoms with Gasteiger partial charge in [0.1, 0.15) is 11.2 Å². The largest absolute Gasteiger partial charge is 0.548 e. The summed E-state index contributed by atoms with van der Waals surface area (Å²) in [5.41, 5.74) is 1.10. The molecule has 1 aliphatic heterocycles. The lowest BCUT2D eigenvalue weighted by molar-refractivity contribution is -0.310. The van der Waals surface area contributed by atoms with Crippen LogP contribution in [0.15, 0.2) is 54.6 Å². The summed E-state index contributed by atoms with van der Waals surface area (Å²) in [4.78, 5) is 25.5. The zero-order chi connectivity index (χ0) is 16.4. The molecule has 2 aromatic rings. The van der Waals surface area contributed by atoms with Crippen LogP contribution in [-0.4, -0.2) is 28.6 Å². The topological polar surface area (TPSA) is 60.4 Å². The normalized spacial score (nSPS) is 20.5. The maximum Gasteiger partial charge on any atom is 0.255 e. The highest BCUT2D eigenvalue weighted by molar-refractivity contribution is 7.99. The number of carboxylic acids is 1. The number of carboxylic acid groups (broad SMARTS) is 1. The van der Waals surface area contributed by atoms with Crippen LogP contribution >= 0.6 is 11.8 Å². The summed E-state index contributed by atoms with van der Waals surface area (Å²) in [5, 5.41) is 10.9. The summed E-state index contributed by atoms with van der Waals surface area (Å²) in [7, 11) is 0. The third kappa shape index (κ3) is 3.07. The van der Waals surface area contributed by atoms with E-state index in [0.717, 1.165) is 0 Å². The Hall–Kier alpha value is -2.34. The number of halogens is 1. The molecule has 1 fully saturated rings. The molecule has 2 aromatic carbocycles. The Bertz CT molecular complexity index is 720. The summed E-state index contributed by atoms with van der Waals surface area (Å²) < 4.78 is 13.1. The van der Waals surface area contributed by atoms with Gasteiger partial charge in [-0.1, -0.05) is 30.3 Å². The summed E-state index contributed by atoms with van der Waals surface area (Å²) in [6.07, 6.45) is 0. The van der Waals surface area contributed by atoms with Crippen molar-refractivity contribution < 1.29 is 19.1 Å². The zero-order valence-corrected chi connectivity index (χ0v) is 12.8. The number of thioether (sulfide) groups is 1. The van der Waals surface area contributed by atoms with Gasteiger partial charge in [0.15, 0.2) is 0 Å². The first kappa shape index (κ1) is 15.6. The molecule has 0 aliphatic carbocycles. The molecule has 0 N–H and O–H groups in total. The van der Waals surface area contributed by atoms with Crippen molar-refractivity contribution in [3.05, 3.63) is 71.5 Å². The van der Waals surface area contributed by atoms with E-state index in [2.05, 4.69) is 0 Å². The van der Waals surface area contributed by atoms with Crippen LogP contribution < -0.4 is 5.11 Å². The minimum atomic E-state index is -1.29. The minimum absolute atomic E-state index is 0.239. The van der Waals surface area contributed by atoms with E-state index in [0.29, 0.717) is 11.1 Å². The van der Waals surface area contributed by atoms with Crippen LogP contribution in [0.1, 0.15) is 21.3 Å². The van der Waals surface area contributed by atoms with Gasteiger partial charge in [-0.25, -0.2) is 4.39 Å². The van der Waals surface area contributed by atoms with Crippen molar-refractivity contribution in [2.75, 3.05) is 5.75 Å². The SMILES string of the molecule is O=C([O-])[C@@H]1CS[C@@H](c2ccc(F)cc2)N1C(=O)c1ccccc1. The molecule has 1 saturated heterocycles. The Morgan fingerprint density at radius 3 is 2.35 bits per heavy atom. The first-order valence-electron chi connectivity index (χ1n) is 7.03. The molecule has 23 heavy (non-hydrogen) atoms. The van der Waals surface area contributed by atoms with Crippen LogP contribution in [0.5, 0.6) is 0 Å². The maximum atomic E-state index is 13.1. The second-order valence-corrected chi connectivity index (χ2v) is 6.26. The molecular formula is C17H13FNO3S-. The predicted molar refractivity (Wildman–Crippen MR) is 83.0 cm³/mol. The Kier molecular flexibility index (Phi) is 4.34. The minimum Gasteiger partial charge on any atom is -0.548 e. The Morgan fingerprint density at radius 2 is 1.74 bits per heavy atom. The molecule has 6 heteroatoms. The van der Waals surface area contributed by atoms with Crippen LogP contribution in [0.25, 0.3) is 0 Å². The number of hydrogen-bond acceptors (Lipinski definition) is 4. The van der Waals surface area contributed by atoms with Gasteiger partial charge < -0.3 is 14.8 Å². The van der Waals surface area contributed by atoms with Crippen LogP contribution in [0.3, 0.4) is 0 Å². The molecule has 3 rings (SSSR count). The molecular weight excluding hydrogens is 317 g/mol. The molecule has 0 saturated carbocycles. The van der Waals surface area contributed by atoms with E-state index < -0.39 is 17.4 Å². The average Bonchev–Trinajstić information content (AvgIpc) is 3.01. The number of hydrogen-bond donors (Lipinski definition) is 0. The molecule has 1 amide bonds. The Morgan fingerprint density at radius 1 is 1.09 bits per heavy atom. The van der Waals surface area contributed by atoms with Crippen molar-refractivity contribution in [3.63, 3.8) is 0 Å². The standard InChI is InChI=1S/C17H14FNO3S/c18-13-8-6-12(7-9-13)16-19(14(10-23-16)17(21)22)15(20)11-4-2-1-3-5-11/h1-9,14,16H,10H2,(H,21,22)/p-1/t14-,16-/m0/s1. The molecule has 0 radical (unpaired) electrons. The average molecular weight is 330 g/mol. The van der Waals surface area contributed by atoms with Crippen molar-refractivity contribution in [1.82, 2.24) is 4.90 Å². The third-order valence-corrected chi connectivity index (χ3v) is 5.01. The van der Waals surface area contributed by atoms with Crippen molar-refractivity contribution in [2.45, 2.75) is 11.4 Å². The van der Waals surface area contributed by atoms with Gasteiger partial charge in [-0.2, -0.15) is 0 Å². The predicted octanol–water partition coefficient (Wildman–Crippen LogP) is 1.83. The van der Waals surface area contributed by atoms with Crippen molar-refractivity contribution in [3.8, 4) is 0 Å². The molecule has 2 atom stereocenters. The Labute approximate surface area is 136 Å². The third-order valence-electron chi connectivity index (χ3n) is 3.68. The second kappa shape index (κ2) is 6.42. The first-order chi connectivity index (χ1) is 11.1. The molecule has 118 valence electrons. The zero-order valence-electron chi connectivity index (χ0n) is 12.0. The van der Waals surface area contributed by atoms with Gasteiger partial charge in [0, 0.05) is 11.3 Å². The lowest BCUT2D eigenvalue weighted by Crippen LogP contribution is -2.49. The van der Waals surface area contributed by atoms with Gasteiger partial charge in [-0.3, -0.25) is 4.79 Å². The maximum absolute atomic E-state index is 13.1. The number of nitrogens with zero attached hydrogens (tertiary/aromatic N) is 1. The van der Waals surface area contributed by atoms with Crippen molar-refractivity contribution in [2.24, 2.45) is 0 Å². The summed E-state index contributed by atoms with van der Waals surface area (Å²) in [5.74, 6) is -1.80. The van der Waals surface area contributed by atoms with Crippen LogP contribution in [0.2, 0.25) is 0 Å². The van der Waals surface area contributed by atoms with E-state index in [4.69, 9.17) is 0 Å². The lowest BCUT2D eigenvalue weighted by atomic mass is 10.1. The van der Waals surface area contributed by atoms with E-state index in [9.17, 15) is 19.1 Å². The van der Waals surface area contributed by atoms with E-state index in [1.165, 1.54) is 28.8 Å². The lowest BCUT2D eigenvalue weighted by Gasteiger charge is -2.30. The van der Waals surface area contributed by atoms with Gasteiger partial charge in [-0.15, -0.1) is 11.8 Å². The number of aliphatic carboxylic acids is 1. The van der Waals surface area contributed by atoms with Gasteiger partial charge >= 0.3 is 0 Å². The number of benzene rings is 2. The molecule has 0 unspecified atom stereocenters.